The van der Waals surface area contributed by atoms with Crippen molar-refractivity contribution in [2.45, 2.75) is 6.54 Å². The predicted molar refractivity (Wildman–Crippen MR) is 45.8 cm³/mol. The Morgan fingerprint density at radius 1 is 1.54 bits per heavy atom. The number of para-hydroxylation sites is 1. The van der Waals surface area contributed by atoms with E-state index in [1.54, 1.807) is 18.3 Å². The number of fused-ring (bicyclic) bond motifs is 1. The first kappa shape index (κ1) is 7.91. The lowest BCUT2D eigenvalue weighted by atomic mass is 10.2. The van der Waals surface area contributed by atoms with Crippen LogP contribution in [0, 0.1) is 5.82 Å². The maximum absolute atomic E-state index is 13.2. The molecule has 0 amide bonds. The second-order valence-electron chi connectivity index (χ2n) is 2.67. The molecular formula is C9H7FN2O. The predicted octanol–water partition coefficient (Wildman–Crippen LogP) is 1.37. The van der Waals surface area contributed by atoms with Crippen LogP contribution in [0.3, 0.4) is 0 Å². The van der Waals surface area contributed by atoms with Crippen LogP contribution in [-0.4, -0.2) is 16.1 Å². The van der Waals surface area contributed by atoms with E-state index in [9.17, 15) is 9.18 Å². The molecule has 0 N–H and O–H groups in total. The number of carbonyl (C=O) groups is 1. The summed E-state index contributed by atoms with van der Waals surface area (Å²) in [4.78, 5) is 10.2. The highest BCUT2D eigenvalue weighted by Crippen LogP contribution is 2.16. The van der Waals surface area contributed by atoms with Gasteiger partial charge < -0.3 is 4.79 Å². The molecule has 4 heteroatoms. The Hall–Kier alpha value is -1.71. The maximum Gasteiger partial charge on any atom is 0.149 e. The average molecular weight is 178 g/mol. The van der Waals surface area contributed by atoms with E-state index in [2.05, 4.69) is 5.10 Å². The van der Waals surface area contributed by atoms with Crippen molar-refractivity contribution in [1.29, 1.82) is 0 Å². The molecule has 0 aliphatic heterocycles. The third-order valence-electron chi connectivity index (χ3n) is 1.86. The van der Waals surface area contributed by atoms with E-state index < -0.39 is 0 Å². The number of hydrogen-bond donors (Lipinski definition) is 0. The second kappa shape index (κ2) is 2.97. The average Bonchev–Trinajstić information content (AvgIpc) is 2.51. The number of aldehydes is 1. The minimum atomic E-state index is -0.350. The van der Waals surface area contributed by atoms with Gasteiger partial charge in [0.2, 0.25) is 0 Å². The monoisotopic (exact) mass is 178 g/mol. The summed E-state index contributed by atoms with van der Waals surface area (Å²) in [5, 5.41) is 4.60. The van der Waals surface area contributed by atoms with Crippen molar-refractivity contribution >= 4 is 17.2 Å². The van der Waals surface area contributed by atoms with Crippen molar-refractivity contribution in [2.24, 2.45) is 0 Å². The zero-order valence-corrected chi connectivity index (χ0v) is 6.77. The summed E-state index contributed by atoms with van der Waals surface area (Å²) in [5.74, 6) is -0.350. The summed E-state index contributed by atoms with van der Waals surface area (Å²) in [6.45, 7) is 0.0877. The molecule has 3 nitrogen and oxygen atoms in total. The van der Waals surface area contributed by atoms with Crippen LogP contribution in [0.1, 0.15) is 0 Å². The third-order valence-corrected chi connectivity index (χ3v) is 1.86. The molecule has 1 aromatic carbocycles. The molecule has 1 heterocycles. The molecule has 0 fully saturated rings. The van der Waals surface area contributed by atoms with Crippen LogP contribution in [0.25, 0.3) is 10.9 Å². The lowest BCUT2D eigenvalue weighted by Gasteiger charge is -1.97. The van der Waals surface area contributed by atoms with E-state index in [-0.39, 0.29) is 12.4 Å². The number of aromatic nitrogens is 2. The van der Waals surface area contributed by atoms with E-state index in [0.29, 0.717) is 17.2 Å². The fourth-order valence-corrected chi connectivity index (χ4v) is 1.31. The van der Waals surface area contributed by atoms with Crippen molar-refractivity contribution in [2.75, 3.05) is 0 Å². The van der Waals surface area contributed by atoms with Crippen molar-refractivity contribution in [3.05, 3.63) is 30.2 Å². The summed E-state index contributed by atoms with van der Waals surface area (Å²) in [6, 6.07) is 4.72. The Labute approximate surface area is 73.8 Å². The molecule has 66 valence electrons. The number of rotatable bonds is 2. The van der Waals surface area contributed by atoms with Gasteiger partial charge in [0.25, 0.3) is 0 Å². The van der Waals surface area contributed by atoms with E-state index in [1.807, 2.05) is 0 Å². The molecule has 0 atom stereocenters. The van der Waals surface area contributed by atoms with Gasteiger partial charge in [0.05, 0.1) is 12.7 Å². The summed E-state index contributed by atoms with van der Waals surface area (Å²) < 4.78 is 14.6. The summed E-state index contributed by atoms with van der Waals surface area (Å²) in [6.07, 6.45) is 2.24. The lowest BCUT2D eigenvalue weighted by Crippen LogP contribution is -2.01. The topological polar surface area (TPSA) is 34.9 Å². The van der Waals surface area contributed by atoms with E-state index in [0.717, 1.165) is 0 Å². The highest BCUT2D eigenvalue weighted by Gasteiger charge is 2.05. The second-order valence-corrected chi connectivity index (χ2v) is 2.67. The minimum Gasteiger partial charge on any atom is -0.301 e. The number of halogens is 1. The smallest absolute Gasteiger partial charge is 0.149 e. The zero-order valence-electron chi connectivity index (χ0n) is 6.77. The molecule has 0 saturated heterocycles. The summed E-state index contributed by atoms with van der Waals surface area (Å²) in [7, 11) is 0. The Morgan fingerprint density at radius 3 is 3.15 bits per heavy atom. The van der Waals surface area contributed by atoms with Crippen molar-refractivity contribution in [3.63, 3.8) is 0 Å². The SMILES string of the molecule is O=CCn1ncc2cccc(F)c21. The molecular weight excluding hydrogens is 171 g/mol. The van der Waals surface area contributed by atoms with Gasteiger partial charge in [-0.2, -0.15) is 5.10 Å². The molecule has 0 saturated carbocycles. The molecule has 2 aromatic rings. The number of carbonyl (C=O) groups excluding carboxylic acids is 1. The highest BCUT2D eigenvalue weighted by molar-refractivity contribution is 5.79. The van der Waals surface area contributed by atoms with Crippen LogP contribution in [-0.2, 0) is 11.3 Å². The fourth-order valence-electron chi connectivity index (χ4n) is 1.31. The first-order chi connectivity index (χ1) is 6.33. The molecule has 2 rings (SSSR count). The Kier molecular flexibility index (Phi) is 1.81. The van der Waals surface area contributed by atoms with Gasteiger partial charge in [0, 0.05) is 5.39 Å². The van der Waals surface area contributed by atoms with E-state index in [1.165, 1.54) is 10.7 Å². The maximum atomic E-state index is 13.2. The molecule has 0 aliphatic rings. The van der Waals surface area contributed by atoms with Gasteiger partial charge in [-0.1, -0.05) is 12.1 Å². The van der Waals surface area contributed by atoms with Crippen LogP contribution < -0.4 is 0 Å². The Balaban J connectivity index is 2.70. The molecule has 0 radical (unpaired) electrons. The normalized spacial score (nSPS) is 10.5. The van der Waals surface area contributed by atoms with E-state index >= 15 is 0 Å². The zero-order chi connectivity index (χ0) is 9.26. The fraction of sp³-hybridized carbons (Fsp3) is 0.111. The highest BCUT2D eigenvalue weighted by atomic mass is 19.1. The molecule has 1 aromatic heterocycles. The Morgan fingerprint density at radius 2 is 2.38 bits per heavy atom. The van der Waals surface area contributed by atoms with Gasteiger partial charge in [0.1, 0.15) is 17.6 Å². The molecule has 0 spiro atoms. The van der Waals surface area contributed by atoms with Crippen molar-refractivity contribution < 1.29 is 9.18 Å². The Bertz CT molecular complexity index is 450. The van der Waals surface area contributed by atoms with Crippen LogP contribution >= 0.6 is 0 Å². The standard InChI is InChI=1S/C9H7FN2O/c10-8-3-1-2-7-6-11-12(4-5-13)9(7)8/h1-3,5-6H,4H2. The first-order valence-electron chi connectivity index (χ1n) is 3.86. The number of nitrogens with zero attached hydrogens (tertiary/aromatic N) is 2. The largest absolute Gasteiger partial charge is 0.301 e. The minimum absolute atomic E-state index is 0.0877. The molecule has 0 aliphatic carbocycles. The van der Waals surface area contributed by atoms with Gasteiger partial charge in [-0.3, -0.25) is 4.68 Å². The van der Waals surface area contributed by atoms with Crippen molar-refractivity contribution in [1.82, 2.24) is 9.78 Å². The lowest BCUT2D eigenvalue weighted by molar-refractivity contribution is -0.108. The van der Waals surface area contributed by atoms with Crippen molar-refractivity contribution in [3.8, 4) is 0 Å². The third kappa shape index (κ3) is 1.20. The van der Waals surface area contributed by atoms with Crippen LogP contribution in [0.15, 0.2) is 24.4 Å². The molecule has 13 heavy (non-hydrogen) atoms. The van der Waals surface area contributed by atoms with Crippen LogP contribution in [0.5, 0.6) is 0 Å². The summed E-state index contributed by atoms with van der Waals surface area (Å²) >= 11 is 0. The van der Waals surface area contributed by atoms with Gasteiger partial charge in [-0.05, 0) is 6.07 Å². The van der Waals surface area contributed by atoms with E-state index in [4.69, 9.17) is 0 Å². The molecule has 0 bridgehead atoms. The van der Waals surface area contributed by atoms with Crippen LogP contribution in [0.2, 0.25) is 0 Å². The van der Waals surface area contributed by atoms with Gasteiger partial charge >= 0.3 is 0 Å². The number of benzene rings is 1. The number of hydrogen-bond acceptors (Lipinski definition) is 2. The first-order valence-corrected chi connectivity index (χ1v) is 3.86. The van der Waals surface area contributed by atoms with Gasteiger partial charge in [-0.15, -0.1) is 0 Å². The van der Waals surface area contributed by atoms with Crippen LogP contribution in [0.4, 0.5) is 4.39 Å². The summed E-state index contributed by atoms with van der Waals surface area (Å²) in [5.41, 5.74) is 0.384. The molecule has 0 unspecified atom stereocenters. The van der Waals surface area contributed by atoms with Gasteiger partial charge in [0.15, 0.2) is 0 Å². The quantitative estimate of drug-likeness (QED) is 0.651. The van der Waals surface area contributed by atoms with Gasteiger partial charge in [-0.25, -0.2) is 4.39 Å².